The number of hydrogen-bond donors (Lipinski definition) is 2. The number of ether oxygens (including phenoxy) is 1. The largest absolute Gasteiger partial charge is 0.469 e. The molecule has 0 spiro atoms. The highest BCUT2D eigenvalue weighted by Gasteiger charge is 2.21. The molecule has 2 heterocycles. The lowest BCUT2D eigenvalue weighted by Gasteiger charge is -2.14. The standard InChI is InChI=1S/C25H28FN3O4/c1-16(2)25-28-23(18-5-4-11-27-15-18)24(17-6-8-19(26)9-7-17)29(25)12-10-20(30)13-21(31)14-22(32)33-3/h4-12,15-16,20-21,30-31H,13-14H2,1-3H3/b12-10+. The molecule has 2 N–H and O–H groups in total. The van der Waals surface area contributed by atoms with E-state index in [0.717, 1.165) is 22.6 Å². The SMILES string of the molecule is COC(=O)CC(O)CC(O)/C=C/n1c(C(C)C)nc(-c2cccnc2)c1-c1ccc(F)cc1. The fourth-order valence-electron chi connectivity index (χ4n) is 3.50. The highest BCUT2D eigenvalue weighted by atomic mass is 19.1. The van der Waals surface area contributed by atoms with Crippen molar-refractivity contribution in [1.29, 1.82) is 0 Å². The summed E-state index contributed by atoms with van der Waals surface area (Å²) >= 11 is 0. The number of hydrogen-bond acceptors (Lipinski definition) is 6. The average molecular weight is 454 g/mol. The van der Waals surface area contributed by atoms with E-state index in [1.807, 2.05) is 30.5 Å². The van der Waals surface area contributed by atoms with Crippen LogP contribution in [0.1, 0.15) is 38.4 Å². The van der Waals surface area contributed by atoms with E-state index in [4.69, 9.17) is 4.98 Å². The second kappa shape index (κ2) is 11.0. The summed E-state index contributed by atoms with van der Waals surface area (Å²) in [6, 6.07) is 9.85. The van der Waals surface area contributed by atoms with E-state index < -0.39 is 18.2 Å². The van der Waals surface area contributed by atoms with Crippen LogP contribution in [-0.2, 0) is 9.53 Å². The fourth-order valence-corrected chi connectivity index (χ4v) is 3.50. The second-order valence-corrected chi connectivity index (χ2v) is 8.02. The van der Waals surface area contributed by atoms with Crippen molar-refractivity contribution >= 4 is 12.2 Å². The summed E-state index contributed by atoms with van der Waals surface area (Å²) in [6.07, 6.45) is 4.35. The van der Waals surface area contributed by atoms with Gasteiger partial charge in [0.2, 0.25) is 0 Å². The number of esters is 1. The van der Waals surface area contributed by atoms with Crippen molar-refractivity contribution in [3.8, 4) is 22.5 Å². The number of nitrogens with zero attached hydrogens (tertiary/aromatic N) is 3. The van der Waals surface area contributed by atoms with Crippen molar-refractivity contribution in [1.82, 2.24) is 14.5 Å². The number of methoxy groups -OCH3 is 1. The van der Waals surface area contributed by atoms with Gasteiger partial charge in [0.15, 0.2) is 0 Å². The monoisotopic (exact) mass is 453 g/mol. The normalized spacial score (nSPS) is 13.4. The number of carbonyl (C=O) groups is 1. The minimum Gasteiger partial charge on any atom is -0.469 e. The summed E-state index contributed by atoms with van der Waals surface area (Å²) in [6.45, 7) is 4.01. The van der Waals surface area contributed by atoms with E-state index in [-0.39, 0.29) is 24.6 Å². The first kappa shape index (κ1) is 24.3. The molecular weight excluding hydrogens is 425 g/mol. The first-order valence-electron chi connectivity index (χ1n) is 10.7. The molecular formula is C25H28FN3O4. The number of imidazole rings is 1. The summed E-state index contributed by atoms with van der Waals surface area (Å²) in [5, 5.41) is 20.4. The number of aliphatic hydroxyl groups excluding tert-OH is 2. The number of pyridine rings is 1. The van der Waals surface area contributed by atoms with E-state index in [0.29, 0.717) is 5.69 Å². The van der Waals surface area contributed by atoms with Gasteiger partial charge in [-0.25, -0.2) is 9.37 Å². The van der Waals surface area contributed by atoms with Crippen molar-refractivity contribution in [3.05, 3.63) is 66.5 Å². The Labute approximate surface area is 192 Å². The van der Waals surface area contributed by atoms with Crippen LogP contribution < -0.4 is 0 Å². The van der Waals surface area contributed by atoms with E-state index in [1.165, 1.54) is 25.3 Å². The Morgan fingerprint density at radius 1 is 1.18 bits per heavy atom. The van der Waals surface area contributed by atoms with E-state index in [9.17, 15) is 19.4 Å². The molecule has 0 saturated carbocycles. The second-order valence-electron chi connectivity index (χ2n) is 8.02. The molecule has 0 radical (unpaired) electrons. The van der Waals surface area contributed by atoms with Crippen molar-refractivity contribution in [3.63, 3.8) is 0 Å². The molecule has 0 aliphatic rings. The van der Waals surface area contributed by atoms with Crippen LogP contribution in [0, 0.1) is 5.82 Å². The Bertz CT molecular complexity index is 1090. The zero-order valence-electron chi connectivity index (χ0n) is 18.9. The van der Waals surface area contributed by atoms with Gasteiger partial charge in [0.05, 0.1) is 37.1 Å². The van der Waals surface area contributed by atoms with Gasteiger partial charge in [0.25, 0.3) is 0 Å². The molecule has 0 aliphatic heterocycles. The van der Waals surface area contributed by atoms with Crippen LogP contribution in [0.25, 0.3) is 28.7 Å². The highest BCUT2D eigenvalue weighted by molar-refractivity contribution is 5.80. The van der Waals surface area contributed by atoms with Crippen LogP contribution in [0.2, 0.25) is 0 Å². The van der Waals surface area contributed by atoms with Crippen LogP contribution in [0.3, 0.4) is 0 Å². The number of benzene rings is 1. The fraction of sp³-hybridized carbons (Fsp3) is 0.320. The van der Waals surface area contributed by atoms with Gasteiger partial charge in [-0.1, -0.05) is 13.8 Å². The maximum atomic E-state index is 13.6. The first-order valence-corrected chi connectivity index (χ1v) is 10.7. The van der Waals surface area contributed by atoms with Crippen LogP contribution in [0.5, 0.6) is 0 Å². The van der Waals surface area contributed by atoms with Crippen molar-refractivity contribution < 1.29 is 24.1 Å². The van der Waals surface area contributed by atoms with Gasteiger partial charge < -0.3 is 19.5 Å². The van der Waals surface area contributed by atoms with Gasteiger partial charge >= 0.3 is 5.97 Å². The predicted molar refractivity (Wildman–Crippen MR) is 124 cm³/mol. The molecule has 7 nitrogen and oxygen atoms in total. The Balaban J connectivity index is 2.04. The van der Waals surface area contributed by atoms with E-state index in [1.54, 1.807) is 30.7 Å². The molecule has 0 saturated heterocycles. The number of aliphatic hydroxyl groups is 2. The van der Waals surface area contributed by atoms with Crippen molar-refractivity contribution in [2.45, 2.75) is 44.8 Å². The lowest BCUT2D eigenvalue weighted by atomic mass is 10.1. The minimum absolute atomic E-state index is 0.0291. The van der Waals surface area contributed by atoms with Gasteiger partial charge in [-0.15, -0.1) is 0 Å². The van der Waals surface area contributed by atoms with Crippen LogP contribution in [0.4, 0.5) is 4.39 Å². The van der Waals surface area contributed by atoms with E-state index >= 15 is 0 Å². The summed E-state index contributed by atoms with van der Waals surface area (Å²) in [5.41, 5.74) is 2.97. The third kappa shape index (κ3) is 6.12. The topological polar surface area (TPSA) is 97.5 Å². The summed E-state index contributed by atoms with van der Waals surface area (Å²) in [4.78, 5) is 20.4. The zero-order valence-corrected chi connectivity index (χ0v) is 18.9. The molecule has 2 atom stereocenters. The lowest BCUT2D eigenvalue weighted by Crippen LogP contribution is -2.20. The Morgan fingerprint density at radius 3 is 2.52 bits per heavy atom. The smallest absolute Gasteiger partial charge is 0.308 e. The maximum absolute atomic E-state index is 13.6. The lowest BCUT2D eigenvalue weighted by molar-refractivity contribution is -0.143. The molecule has 3 aromatic rings. The number of halogens is 1. The average Bonchev–Trinajstić information content (AvgIpc) is 3.18. The highest BCUT2D eigenvalue weighted by Crippen LogP contribution is 2.35. The third-order valence-electron chi connectivity index (χ3n) is 5.11. The molecule has 2 aromatic heterocycles. The molecule has 0 aliphatic carbocycles. The van der Waals surface area contributed by atoms with Gasteiger partial charge in [0, 0.05) is 42.1 Å². The molecule has 0 fully saturated rings. The van der Waals surface area contributed by atoms with Crippen LogP contribution in [0.15, 0.2) is 54.9 Å². The quantitative estimate of drug-likeness (QED) is 0.475. The van der Waals surface area contributed by atoms with Gasteiger partial charge in [-0.05, 0) is 42.5 Å². The van der Waals surface area contributed by atoms with Crippen molar-refractivity contribution in [2.24, 2.45) is 0 Å². The Kier molecular flexibility index (Phi) is 8.08. The van der Waals surface area contributed by atoms with Crippen molar-refractivity contribution in [2.75, 3.05) is 7.11 Å². The summed E-state index contributed by atoms with van der Waals surface area (Å²) < 4.78 is 20.0. The minimum atomic E-state index is -1.04. The maximum Gasteiger partial charge on any atom is 0.308 e. The zero-order chi connectivity index (χ0) is 24.0. The van der Waals surface area contributed by atoms with Gasteiger partial charge in [-0.2, -0.15) is 0 Å². The molecule has 174 valence electrons. The molecule has 2 unspecified atom stereocenters. The Hall–Kier alpha value is -3.36. The number of rotatable bonds is 9. The molecule has 0 bridgehead atoms. The molecule has 8 heteroatoms. The predicted octanol–water partition coefficient (Wildman–Crippen LogP) is 4.02. The van der Waals surface area contributed by atoms with Crippen LogP contribution in [-0.4, -0.2) is 50.0 Å². The molecule has 1 aromatic carbocycles. The molecule has 33 heavy (non-hydrogen) atoms. The summed E-state index contributed by atoms with van der Waals surface area (Å²) in [7, 11) is 1.24. The molecule has 3 rings (SSSR count). The summed E-state index contributed by atoms with van der Waals surface area (Å²) in [5.74, 6) is -0.106. The third-order valence-corrected chi connectivity index (χ3v) is 5.11. The molecule has 0 amide bonds. The number of aromatic nitrogens is 3. The first-order chi connectivity index (χ1) is 15.8. The van der Waals surface area contributed by atoms with Gasteiger partial charge in [0.1, 0.15) is 11.6 Å². The van der Waals surface area contributed by atoms with Crippen LogP contribution >= 0.6 is 0 Å². The van der Waals surface area contributed by atoms with Gasteiger partial charge in [-0.3, -0.25) is 9.78 Å². The number of carbonyl (C=O) groups excluding carboxylic acids is 1. The Morgan fingerprint density at radius 2 is 1.91 bits per heavy atom. The van der Waals surface area contributed by atoms with E-state index in [2.05, 4.69) is 9.72 Å².